The van der Waals surface area contributed by atoms with E-state index in [4.69, 9.17) is 9.72 Å². The second-order valence-corrected chi connectivity index (χ2v) is 9.41. The molecule has 34 heavy (non-hydrogen) atoms. The third-order valence-electron chi connectivity index (χ3n) is 6.79. The summed E-state index contributed by atoms with van der Waals surface area (Å²) in [6.45, 7) is 8.86. The Labute approximate surface area is 199 Å². The third kappa shape index (κ3) is 4.07. The summed E-state index contributed by atoms with van der Waals surface area (Å²) in [5.74, 6) is 0.00528. The van der Waals surface area contributed by atoms with Crippen LogP contribution in [0.15, 0.2) is 36.5 Å². The molecule has 3 aromatic rings. The Kier molecular flexibility index (Phi) is 6.08. The highest BCUT2D eigenvalue weighted by molar-refractivity contribution is 6.06. The number of carbonyl (C=O) groups is 2. The smallest absolute Gasteiger partial charge is 0.254 e. The first-order valence-corrected chi connectivity index (χ1v) is 12.1. The number of nitrogens with zero attached hydrogens (tertiary/aromatic N) is 5. The van der Waals surface area contributed by atoms with E-state index in [0.717, 1.165) is 35.0 Å². The molecule has 0 aliphatic carbocycles. The van der Waals surface area contributed by atoms with Crippen molar-refractivity contribution in [3.8, 4) is 11.3 Å². The van der Waals surface area contributed by atoms with Crippen LogP contribution in [0.3, 0.4) is 0 Å². The van der Waals surface area contributed by atoms with E-state index in [1.54, 1.807) is 6.20 Å². The van der Waals surface area contributed by atoms with Gasteiger partial charge in [0.05, 0.1) is 22.8 Å². The average Bonchev–Trinajstić information content (AvgIpc) is 3.53. The van der Waals surface area contributed by atoms with Gasteiger partial charge in [-0.2, -0.15) is 5.10 Å². The summed E-state index contributed by atoms with van der Waals surface area (Å²) < 4.78 is 7.43. The van der Waals surface area contributed by atoms with Crippen LogP contribution < -0.4 is 0 Å². The van der Waals surface area contributed by atoms with E-state index in [2.05, 4.69) is 18.9 Å². The summed E-state index contributed by atoms with van der Waals surface area (Å²) in [4.78, 5) is 35.0. The van der Waals surface area contributed by atoms with Crippen LogP contribution >= 0.6 is 0 Å². The van der Waals surface area contributed by atoms with Crippen molar-refractivity contribution in [2.24, 2.45) is 0 Å². The van der Waals surface area contributed by atoms with E-state index >= 15 is 0 Å². The van der Waals surface area contributed by atoms with Gasteiger partial charge in [-0.1, -0.05) is 24.3 Å². The Morgan fingerprint density at radius 2 is 1.82 bits per heavy atom. The maximum Gasteiger partial charge on any atom is 0.254 e. The van der Waals surface area contributed by atoms with E-state index in [1.807, 2.05) is 51.7 Å². The summed E-state index contributed by atoms with van der Waals surface area (Å²) >= 11 is 0. The standard InChI is InChI=1S/C26H31N5O3/c1-17(2)31-24-21(16-27-31)20(15-22(28-24)19-8-5-4-7-18(19)3)25(32)29-10-12-30(13-11-29)26(33)23-9-6-14-34-23/h4-5,7-8,15-17,23H,6,9-14H2,1-3H3. The number of benzene rings is 1. The molecule has 0 spiro atoms. The highest BCUT2D eigenvalue weighted by atomic mass is 16.5. The number of rotatable bonds is 4. The van der Waals surface area contributed by atoms with E-state index in [9.17, 15) is 9.59 Å². The van der Waals surface area contributed by atoms with Gasteiger partial charge in [0, 0.05) is 44.4 Å². The largest absolute Gasteiger partial charge is 0.368 e. The maximum absolute atomic E-state index is 13.7. The predicted octanol–water partition coefficient (Wildman–Crippen LogP) is 3.45. The van der Waals surface area contributed by atoms with Gasteiger partial charge >= 0.3 is 0 Å². The summed E-state index contributed by atoms with van der Waals surface area (Å²) in [6.07, 6.45) is 3.14. The summed E-state index contributed by atoms with van der Waals surface area (Å²) in [5, 5.41) is 5.29. The molecular weight excluding hydrogens is 430 g/mol. The lowest BCUT2D eigenvalue weighted by molar-refractivity contribution is -0.142. The molecule has 5 rings (SSSR count). The van der Waals surface area contributed by atoms with Crippen LogP contribution in [-0.2, 0) is 9.53 Å². The fourth-order valence-electron chi connectivity index (χ4n) is 4.85. The van der Waals surface area contributed by atoms with Gasteiger partial charge in [-0.25, -0.2) is 9.67 Å². The number of hydrogen-bond acceptors (Lipinski definition) is 5. The van der Waals surface area contributed by atoms with Gasteiger partial charge in [0.15, 0.2) is 5.65 Å². The lowest BCUT2D eigenvalue weighted by Gasteiger charge is -2.35. The number of fused-ring (bicyclic) bond motifs is 1. The van der Waals surface area contributed by atoms with Crippen LogP contribution in [0.2, 0.25) is 0 Å². The van der Waals surface area contributed by atoms with Gasteiger partial charge < -0.3 is 14.5 Å². The minimum absolute atomic E-state index is 0.0465. The molecule has 0 bridgehead atoms. The van der Waals surface area contributed by atoms with Crippen LogP contribution in [0, 0.1) is 6.92 Å². The van der Waals surface area contributed by atoms with Crippen LogP contribution in [0.25, 0.3) is 22.3 Å². The van der Waals surface area contributed by atoms with Crippen molar-refractivity contribution in [3.63, 3.8) is 0 Å². The fraction of sp³-hybridized carbons (Fsp3) is 0.462. The number of aryl methyl sites for hydroxylation is 1. The number of hydrogen-bond donors (Lipinski definition) is 0. The van der Waals surface area contributed by atoms with Gasteiger partial charge in [-0.15, -0.1) is 0 Å². The van der Waals surface area contributed by atoms with Gasteiger partial charge in [0.2, 0.25) is 0 Å². The molecule has 1 aromatic carbocycles. The van der Waals surface area contributed by atoms with Crippen molar-refractivity contribution in [2.75, 3.05) is 32.8 Å². The topological polar surface area (TPSA) is 80.6 Å². The minimum atomic E-state index is -0.319. The second-order valence-electron chi connectivity index (χ2n) is 9.41. The second kappa shape index (κ2) is 9.18. The van der Waals surface area contributed by atoms with Gasteiger partial charge in [0.1, 0.15) is 6.10 Å². The molecule has 0 saturated carbocycles. The molecule has 1 atom stereocenters. The van der Waals surface area contributed by atoms with E-state index in [0.29, 0.717) is 44.0 Å². The number of pyridine rings is 1. The van der Waals surface area contributed by atoms with Crippen LogP contribution in [0.5, 0.6) is 0 Å². The Hall–Kier alpha value is -3.26. The molecular formula is C26H31N5O3. The van der Waals surface area contributed by atoms with Gasteiger partial charge in [-0.3, -0.25) is 9.59 Å². The van der Waals surface area contributed by atoms with E-state index < -0.39 is 0 Å². The highest BCUT2D eigenvalue weighted by Crippen LogP contribution is 2.29. The Morgan fingerprint density at radius 1 is 1.09 bits per heavy atom. The van der Waals surface area contributed by atoms with Crippen LogP contribution in [0.4, 0.5) is 0 Å². The minimum Gasteiger partial charge on any atom is -0.368 e. The van der Waals surface area contributed by atoms with Crippen LogP contribution in [0.1, 0.15) is 48.7 Å². The molecule has 2 saturated heterocycles. The number of aromatic nitrogens is 3. The first-order chi connectivity index (χ1) is 16.4. The predicted molar refractivity (Wildman–Crippen MR) is 130 cm³/mol. The van der Waals surface area contributed by atoms with E-state index in [-0.39, 0.29) is 24.0 Å². The molecule has 8 heteroatoms. The fourth-order valence-corrected chi connectivity index (χ4v) is 4.85. The molecule has 4 heterocycles. The van der Waals surface area contributed by atoms with Crippen molar-refractivity contribution in [1.29, 1.82) is 0 Å². The zero-order chi connectivity index (χ0) is 23.8. The Morgan fingerprint density at radius 3 is 2.50 bits per heavy atom. The zero-order valence-corrected chi connectivity index (χ0v) is 20.0. The first-order valence-electron chi connectivity index (χ1n) is 12.1. The number of ether oxygens (including phenoxy) is 1. The van der Waals surface area contributed by atoms with Crippen molar-refractivity contribution in [3.05, 3.63) is 47.7 Å². The normalized spacial score (nSPS) is 18.8. The lowest BCUT2D eigenvalue weighted by atomic mass is 10.0. The first kappa shape index (κ1) is 22.5. The molecule has 2 aromatic heterocycles. The van der Waals surface area contributed by atoms with Crippen molar-refractivity contribution in [1.82, 2.24) is 24.6 Å². The van der Waals surface area contributed by atoms with Crippen molar-refractivity contribution < 1.29 is 14.3 Å². The SMILES string of the molecule is Cc1ccccc1-c1cc(C(=O)N2CCN(C(=O)C3CCCO3)CC2)c2cnn(C(C)C)c2n1. The zero-order valence-electron chi connectivity index (χ0n) is 20.0. The molecule has 1 unspecified atom stereocenters. The monoisotopic (exact) mass is 461 g/mol. The molecule has 2 amide bonds. The summed E-state index contributed by atoms with van der Waals surface area (Å²) in [5.41, 5.74) is 4.19. The highest BCUT2D eigenvalue weighted by Gasteiger charge is 2.32. The third-order valence-corrected chi connectivity index (χ3v) is 6.79. The molecule has 178 valence electrons. The van der Waals surface area contributed by atoms with Crippen molar-refractivity contribution >= 4 is 22.8 Å². The van der Waals surface area contributed by atoms with Crippen LogP contribution in [-0.4, -0.2) is 75.3 Å². The molecule has 0 radical (unpaired) electrons. The molecule has 2 fully saturated rings. The lowest BCUT2D eigenvalue weighted by Crippen LogP contribution is -2.52. The molecule has 2 aliphatic rings. The van der Waals surface area contributed by atoms with E-state index in [1.165, 1.54) is 0 Å². The molecule has 0 N–H and O–H groups in total. The molecule has 2 aliphatic heterocycles. The number of piperazine rings is 1. The molecule has 8 nitrogen and oxygen atoms in total. The van der Waals surface area contributed by atoms with Crippen molar-refractivity contribution in [2.45, 2.75) is 45.8 Å². The van der Waals surface area contributed by atoms with Gasteiger partial charge in [-0.05, 0) is 45.2 Å². The Bertz CT molecular complexity index is 1220. The quantitative estimate of drug-likeness (QED) is 0.595. The average molecular weight is 462 g/mol. The van der Waals surface area contributed by atoms with Gasteiger partial charge in [0.25, 0.3) is 11.8 Å². The summed E-state index contributed by atoms with van der Waals surface area (Å²) in [6, 6.07) is 10.1. The number of carbonyl (C=O) groups excluding carboxylic acids is 2. The maximum atomic E-state index is 13.7. The Balaban J connectivity index is 1.45. The number of amides is 2. The summed E-state index contributed by atoms with van der Waals surface area (Å²) in [7, 11) is 0.